The Kier molecular flexibility index (Phi) is 11.0. The molecule has 6 atom stereocenters. The number of amides is 4. The van der Waals surface area contributed by atoms with Crippen LogP contribution in [0.2, 0.25) is 0 Å². The van der Waals surface area contributed by atoms with Gasteiger partial charge in [0.2, 0.25) is 5.91 Å². The molecule has 9 rings (SSSR count). The van der Waals surface area contributed by atoms with Crippen LogP contribution in [0.5, 0.6) is 5.75 Å². The van der Waals surface area contributed by atoms with Crippen LogP contribution in [0.4, 0.5) is 9.59 Å². The quantitative estimate of drug-likeness (QED) is 0.112. The maximum Gasteiger partial charge on any atom is 0.407 e. The van der Waals surface area contributed by atoms with Crippen LogP contribution in [0.3, 0.4) is 0 Å². The summed E-state index contributed by atoms with van der Waals surface area (Å²) in [4.78, 5) is 73.1. The van der Waals surface area contributed by atoms with Crippen molar-refractivity contribution in [1.29, 1.82) is 0 Å². The summed E-state index contributed by atoms with van der Waals surface area (Å²) in [5.41, 5.74) is 7.21. The third-order valence-corrected chi connectivity index (χ3v) is 12.7. The normalized spacial score (nSPS) is 20.2. The molecule has 2 aromatic heterocycles. The fourth-order valence-electron chi connectivity index (χ4n) is 9.54. The topological polar surface area (TPSA) is 184 Å². The average Bonchev–Trinajstić information content (AvgIpc) is 4.12. The molecule has 0 aliphatic carbocycles. The van der Waals surface area contributed by atoms with Gasteiger partial charge in [0.25, 0.3) is 5.91 Å². The number of ether oxygens (including phenoxy) is 3. The van der Waals surface area contributed by atoms with E-state index in [9.17, 15) is 19.2 Å². The molecule has 0 saturated carbocycles. The monoisotopic (exact) mass is 852 g/mol. The Morgan fingerprint density at radius 3 is 2.21 bits per heavy atom. The third kappa shape index (κ3) is 7.80. The number of hydrogen-bond donors (Lipinski definition) is 4. The summed E-state index contributed by atoms with van der Waals surface area (Å²) in [6.45, 7) is 9.51. The maximum atomic E-state index is 14.2. The van der Waals surface area contributed by atoms with Gasteiger partial charge in [-0.3, -0.25) is 9.59 Å². The Labute approximate surface area is 364 Å². The first kappa shape index (κ1) is 41.5. The van der Waals surface area contributed by atoms with Gasteiger partial charge >= 0.3 is 12.2 Å². The fraction of sp³-hybridized carbons (Fsp3) is 0.375. The number of H-pyrrole nitrogens is 2. The van der Waals surface area contributed by atoms with Crippen molar-refractivity contribution in [3.63, 3.8) is 0 Å². The molecule has 4 aromatic carbocycles. The number of methoxy groups -OCH3 is 2. The summed E-state index contributed by atoms with van der Waals surface area (Å²) >= 11 is 0. The molecule has 4 amide bonds. The van der Waals surface area contributed by atoms with E-state index in [0.29, 0.717) is 36.9 Å². The molecule has 5 heterocycles. The van der Waals surface area contributed by atoms with Gasteiger partial charge in [-0.05, 0) is 82.5 Å². The lowest BCUT2D eigenvalue weighted by Gasteiger charge is -2.30. The van der Waals surface area contributed by atoms with E-state index in [2.05, 4.69) is 70.8 Å². The van der Waals surface area contributed by atoms with E-state index in [-0.39, 0.29) is 41.7 Å². The van der Waals surface area contributed by atoms with Gasteiger partial charge in [0.15, 0.2) is 0 Å². The first-order valence-electron chi connectivity index (χ1n) is 21.5. The van der Waals surface area contributed by atoms with E-state index in [1.165, 1.54) is 14.2 Å². The van der Waals surface area contributed by atoms with Crippen LogP contribution in [0.1, 0.15) is 81.4 Å². The van der Waals surface area contributed by atoms with E-state index in [1.807, 2.05) is 61.3 Å². The molecule has 0 unspecified atom stereocenters. The van der Waals surface area contributed by atoms with Crippen molar-refractivity contribution in [1.82, 2.24) is 40.4 Å². The first-order valence-corrected chi connectivity index (χ1v) is 21.5. The third-order valence-electron chi connectivity index (χ3n) is 12.7. The molecule has 0 spiro atoms. The molecule has 0 bridgehead atoms. The number of aromatic amines is 2. The number of carbonyl (C=O) groups is 4. The first-order chi connectivity index (χ1) is 30.4. The fourth-order valence-corrected chi connectivity index (χ4v) is 9.54. The zero-order chi connectivity index (χ0) is 44.1. The van der Waals surface area contributed by atoms with Crippen molar-refractivity contribution in [3.05, 3.63) is 102 Å². The van der Waals surface area contributed by atoms with Crippen molar-refractivity contribution in [2.75, 3.05) is 27.3 Å². The van der Waals surface area contributed by atoms with E-state index < -0.39 is 24.3 Å². The van der Waals surface area contributed by atoms with Crippen molar-refractivity contribution in [3.8, 4) is 28.1 Å². The van der Waals surface area contributed by atoms with Crippen LogP contribution in [-0.4, -0.2) is 87.1 Å². The predicted octanol–water partition coefficient (Wildman–Crippen LogP) is 7.96. The minimum absolute atomic E-state index is 0.135. The molecular formula is C48H52N8O7. The summed E-state index contributed by atoms with van der Waals surface area (Å²) in [5, 5.41) is 7.46. The summed E-state index contributed by atoms with van der Waals surface area (Å²) in [6.07, 6.45) is 1.96. The number of fused-ring (bicyclic) bond motifs is 6. The second kappa shape index (κ2) is 16.8. The zero-order valence-electron chi connectivity index (χ0n) is 36.2. The van der Waals surface area contributed by atoms with Crippen LogP contribution in [0.15, 0.2) is 79.0 Å². The van der Waals surface area contributed by atoms with E-state index in [4.69, 9.17) is 24.2 Å². The van der Waals surface area contributed by atoms with Crippen LogP contribution in [0.25, 0.3) is 44.2 Å². The van der Waals surface area contributed by atoms with Crippen LogP contribution in [-0.2, 0) is 25.7 Å². The number of likely N-dealkylation sites (tertiary alicyclic amines) is 2. The van der Waals surface area contributed by atoms with Gasteiger partial charge in [0.05, 0.1) is 49.2 Å². The maximum absolute atomic E-state index is 14.2. The zero-order valence-corrected chi connectivity index (χ0v) is 36.2. The van der Waals surface area contributed by atoms with Crippen LogP contribution < -0.4 is 15.4 Å². The Bertz CT molecular complexity index is 2730. The second-order valence-corrected chi connectivity index (χ2v) is 17.5. The molecule has 3 aliphatic heterocycles. The van der Waals surface area contributed by atoms with Crippen molar-refractivity contribution >= 4 is 45.8 Å². The Balaban J connectivity index is 0.967. The lowest BCUT2D eigenvalue weighted by atomic mass is 9.92. The van der Waals surface area contributed by atoms with Gasteiger partial charge in [0, 0.05) is 24.0 Å². The standard InChI is InChI=1S/C48H52N8O7/c1-25(2)40(53-47(59)61-5)45(57)56-23-27(4)17-38(56)44-50-35-15-13-29-19-34-32-14-12-30(18-31(32)24-63-39(34)20-33(29)42(35)52-44)36-21-49-43(51-36)37-16-26(3)22-55(37)46(58)41(54-48(60)62-6)28-10-8-7-9-11-28/h7-15,18-21,25-27,37-38,40-41H,16-17,22-24H2,1-6H3,(H,49,51)(H,50,52)(H,53,59)(H,54,60)/t26-,27-,37-,38-,40-,41+/m0/s1. The average molecular weight is 853 g/mol. The number of hydrogen-bond acceptors (Lipinski definition) is 9. The minimum Gasteiger partial charge on any atom is -0.488 e. The molecular weight excluding hydrogens is 801 g/mol. The van der Waals surface area contributed by atoms with Crippen molar-refractivity contribution in [2.24, 2.45) is 17.8 Å². The van der Waals surface area contributed by atoms with Gasteiger partial charge in [-0.25, -0.2) is 19.6 Å². The van der Waals surface area contributed by atoms with Gasteiger partial charge < -0.3 is 44.6 Å². The van der Waals surface area contributed by atoms with Crippen LogP contribution in [0, 0.1) is 17.8 Å². The molecule has 2 saturated heterocycles. The number of aromatic nitrogens is 4. The molecule has 6 aromatic rings. The number of alkyl carbamates (subject to hydrolysis) is 2. The molecule has 15 heteroatoms. The lowest BCUT2D eigenvalue weighted by Crippen LogP contribution is -2.51. The molecule has 2 fully saturated rings. The van der Waals surface area contributed by atoms with Crippen molar-refractivity contribution in [2.45, 2.75) is 71.3 Å². The molecule has 15 nitrogen and oxygen atoms in total. The molecule has 4 N–H and O–H groups in total. The molecule has 326 valence electrons. The van der Waals surface area contributed by atoms with E-state index in [0.717, 1.165) is 68.3 Å². The van der Waals surface area contributed by atoms with Crippen molar-refractivity contribution < 1.29 is 33.4 Å². The molecule has 63 heavy (non-hydrogen) atoms. The highest BCUT2D eigenvalue weighted by Gasteiger charge is 2.41. The minimum atomic E-state index is -0.907. The highest BCUT2D eigenvalue weighted by Crippen LogP contribution is 2.44. The van der Waals surface area contributed by atoms with Gasteiger partial charge in [-0.1, -0.05) is 76.2 Å². The highest BCUT2D eigenvalue weighted by molar-refractivity contribution is 6.07. The second-order valence-electron chi connectivity index (χ2n) is 17.5. The SMILES string of the molecule is COC(=O)N[C@H](C(=O)N1C[C@@H](C)C[C@H]1c1nc2ccc3cc4c(cc3c2[nH]1)OCc1cc(-c2cnc([C@@H]3C[C@H](C)CN3C(=O)[C@H](NC(=O)OC)c3ccccc3)[nH]2)ccc1-4)C(C)C. The smallest absolute Gasteiger partial charge is 0.407 e. The number of nitrogens with zero attached hydrogens (tertiary/aromatic N) is 4. The molecule has 3 aliphatic rings. The summed E-state index contributed by atoms with van der Waals surface area (Å²) in [7, 11) is 2.58. The molecule has 0 radical (unpaired) electrons. The highest BCUT2D eigenvalue weighted by atomic mass is 16.5. The van der Waals surface area contributed by atoms with E-state index >= 15 is 0 Å². The number of carbonyl (C=O) groups excluding carboxylic acids is 4. The number of rotatable bonds is 9. The lowest BCUT2D eigenvalue weighted by molar-refractivity contribution is -0.136. The van der Waals surface area contributed by atoms with Gasteiger partial charge in [-0.2, -0.15) is 0 Å². The number of nitrogens with one attached hydrogen (secondary N) is 4. The Hall–Kier alpha value is -6.90. The predicted molar refractivity (Wildman–Crippen MR) is 236 cm³/mol. The van der Waals surface area contributed by atoms with E-state index in [1.54, 1.807) is 4.90 Å². The Morgan fingerprint density at radius 2 is 1.49 bits per heavy atom. The van der Waals surface area contributed by atoms with Gasteiger partial charge in [0.1, 0.15) is 36.1 Å². The summed E-state index contributed by atoms with van der Waals surface area (Å²) in [5.74, 6) is 2.13. The summed E-state index contributed by atoms with van der Waals surface area (Å²) < 4.78 is 16.1. The Morgan fingerprint density at radius 1 is 0.794 bits per heavy atom. The largest absolute Gasteiger partial charge is 0.488 e. The van der Waals surface area contributed by atoms with Gasteiger partial charge in [-0.15, -0.1) is 0 Å². The number of benzene rings is 4. The van der Waals surface area contributed by atoms with Crippen LogP contribution >= 0.6 is 0 Å². The summed E-state index contributed by atoms with van der Waals surface area (Å²) in [6, 6.07) is 21.6. The number of imidazole rings is 2.